The average Bonchev–Trinajstić information content (AvgIpc) is 2.82. The van der Waals surface area contributed by atoms with Crippen LogP contribution < -0.4 is 22.0 Å². The first-order valence-corrected chi connectivity index (χ1v) is 11.4. The standard InChI is InChI=1S/C25H30N6O5/c1-15-17(28-20(33)11-10-19(26)32)8-9-18-21(15)22(34)36-24(29-18)30-25(2,3)23(35)31(4)14-12-16-7-5-6-13-27-16/h5-9,13H,10-12,14H2,1-4H3,(H2,26,32)(H,28,33)(H,29,30). The zero-order chi connectivity index (χ0) is 26.5. The van der Waals surface area contributed by atoms with E-state index in [1.54, 1.807) is 51.0 Å². The SMILES string of the molecule is Cc1c(NC(=O)CCC(N)=O)ccc2nc(NC(C)(C)C(=O)N(C)CCc3ccccn3)oc(=O)c12. The summed E-state index contributed by atoms with van der Waals surface area (Å²) < 4.78 is 5.37. The number of rotatable bonds is 10. The van der Waals surface area contributed by atoms with Gasteiger partial charge in [0.1, 0.15) is 5.54 Å². The van der Waals surface area contributed by atoms with E-state index in [1.165, 1.54) is 0 Å². The summed E-state index contributed by atoms with van der Waals surface area (Å²) in [6.45, 7) is 5.47. The number of nitrogens with one attached hydrogen (secondary N) is 2. The smallest absolute Gasteiger partial charge is 0.348 e. The van der Waals surface area contributed by atoms with Gasteiger partial charge in [0.05, 0.1) is 10.9 Å². The lowest BCUT2D eigenvalue weighted by Gasteiger charge is -2.30. The highest BCUT2D eigenvalue weighted by Gasteiger charge is 2.32. The Morgan fingerprint density at radius 3 is 2.56 bits per heavy atom. The van der Waals surface area contributed by atoms with Gasteiger partial charge in [-0.25, -0.2) is 4.79 Å². The van der Waals surface area contributed by atoms with E-state index in [1.807, 2.05) is 18.2 Å². The van der Waals surface area contributed by atoms with E-state index in [4.69, 9.17) is 10.2 Å². The number of carbonyl (C=O) groups excluding carboxylic acids is 3. The first kappa shape index (κ1) is 26.3. The third-order valence-electron chi connectivity index (χ3n) is 5.66. The number of benzene rings is 1. The zero-order valence-corrected chi connectivity index (χ0v) is 20.8. The molecule has 0 fully saturated rings. The summed E-state index contributed by atoms with van der Waals surface area (Å²) in [5, 5.41) is 5.79. The second-order valence-corrected chi connectivity index (χ2v) is 9.00. The van der Waals surface area contributed by atoms with Gasteiger partial charge in [-0.1, -0.05) is 6.07 Å². The minimum absolute atomic E-state index is 0.0675. The second-order valence-electron chi connectivity index (χ2n) is 9.00. The molecule has 2 aromatic heterocycles. The van der Waals surface area contributed by atoms with Crippen molar-refractivity contribution in [1.29, 1.82) is 0 Å². The maximum absolute atomic E-state index is 13.1. The van der Waals surface area contributed by atoms with Crippen LogP contribution in [0.3, 0.4) is 0 Å². The molecule has 36 heavy (non-hydrogen) atoms. The number of aromatic nitrogens is 2. The van der Waals surface area contributed by atoms with Crippen molar-refractivity contribution in [1.82, 2.24) is 14.9 Å². The number of primary amides is 1. The molecule has 11 nitrogen and oxygen atoms in total. The molecule has 0 spiro atoms. The fourth-order valence-electron chi connectivity index (χ4n) is 3.69. The largest absolute Gasteiger partial charge is 0.389 e. The third kappa shape index (κ3) is 6.44. The molecule has 0 bridgehead atoms. The molecule has 0 saturated carbocycles. The molecule has 0 atom stereocenters. The van der Waals surface area contributed by atoms with Gasteiger partial charge in [-0.2, -0.15) is 4.98 Å². The van der Waals surface area contributed by atoms with Crippen LogP contribution in [-0.2, 0) is 20.8 Å². The summed E-state index contributed by atoms with van der Waals surface area (Å²) in [7, 11) is 1.70. The number of aryl methyl sites for hydroxylation is 1. The van der Waals surface area contributed by atoms with Gasteiger partial charge in [-0.3, -0.25) is 19.4 Å². The molecule has 0 aliphatic heterocycles. The van der Waals surface area contributed by atoms with E-state index in [0.29, 0.717) is 29.7 Å². The van der Waals surface area contributed by atoms with E-state index in [2.05, 4.69) is 20.6 Å². The Morgan fingerprint density at radius 2 is 1.89 bits per heavy atom. The molecule has 190 valence electrons. The minimum atomic E-state index is -1.11. The molecular formula is C25H30N6O5. The summed E-state index contributed by atoms with van der Waals surface area (Å²) >= 11 is 0. The molecule has 1 aromatic carbocycles. The normalized spacial score (nSPS) is 11.2. The van der Waals surface area contributed by atoms with Crippen LogP contribution >= 0.6 is 0 Å². The predicted molar refractivity (Wildman–Crippen MR) is 135 cm³/mol. The predicted octanol–water partition coefficient (Wildman–Crippen LogP) is 1.99. The number of hydrogen-bond donors (Lipinski definition) is 3. The van der Waals surface area contributed by atoms with Crippen LogP contribution in [0.15, 0.2) is 45.7 Å². The molecule has 3 aromatic rings. The number of pyridine rings is 1. The number of likely N-dealkylation sites (N-methyl/N-ethyl adjacent to an activating group) is 1. The van der Waals surface area contributed by atoms with Gasteiger partial charge in [-0.15, -0.1) is 0 Å². The number of nitrogens with two attached hydrogens (primary N) is 1. The Bertz CT molecular complexity index is 1340. The van der Waals surface area contributed by atoms with Crippen LogP contribution in [0.25, 0.3) is 10.9 Å². The molecule has 0 aliphatic rings. The molecule has 3 rings (SSSR count). The van der Waals surface area contributed by atoms with Crippen molar-refractivity contribution < 1.29 is 18.8 Å². The number of fused-ring (bicyclic) bond motifs is 1. The van der Waals surface area contributed by atoms with Crippen molar-refractivity contribution in [3.8, 4) is 0 Å². The summed E-state index contributed by atoms with van der Waals surface area (Å²) in [4.78, 5) is 59.0. The third-order valence-corrected chi connectivity index (χ3v) is 5.66. The van der Waals surface area contributed by atoms with Crippen molar-refractivity contribution in [3.63, 3.8) is 0 Å². The van der Waals surface area contributed by atoms with Crippen molar-refractivity contribution in [2.24, 2.45) is 5.73 Å². The lowest BCUT2D eigenvalue weighted by Crippen LogP contribution is -2.49. The molecule has 0 unspecified atom stereocenters. The minimum Gasteiger partial charge on any atom is -0.389 e. The molecule has 3 amide bonds. The van der Waals surface area contributed by atoms with Gasteiger partial charge in [0.2, 0.25) is 17.7 Å². The fraction of sp³-hybridized carbons (Fsp3) is 0.360. The van der Waals surface area contributed by atoms with Crippen molar-refractivity contribution in [3.05, 3.63) is 58.2 Å². The monoisotopic (exact) mass is 494 g/mol. The van der Waals surface area contributed by atoms with Gasteiger partial charge >= 0.3 is 5.63 Å². The highest BCUT2D eigenvalue weighted by atomic mass is 16.4. The summed E-state index contributed by atoms with van der Waals surface area (Å²) in [5.74, 6) is -1.20. The van der Waals surface area contributed by atoms with Gasteiger partial charge < -0.3 is 25.7 Å². The Morgan fingerprint density at radius 1 is 1.14 bits per heavy atom. The maximum atomic E-state index is 13.1. The average molecular weight is 495 g/mol. The van der Waals surface area contributed by atoms with Gasteiger partial charge in [0.15, 0.2) is 0 Å². The van der Waals surface area contributed by atoms with E-state index in [0.717, 1.165) is 5.69 Å². The van der Waals surface area contributed by atoms with Crippen LogP contribution in [0.2, 0.25) is 0 Å². The summed E-state index contributed by atoms with van der Waals surface area (Å²) in [5.41, 5.74) is 5.39. The van der Waals surface area contributed by atoms with E-state index in [-0.39, 0.29) is 30.1 Å². The number of carbonyl (C=O) groups is 3. The van der Waals surface area contributed by atoms with Crippen molar-refractivity contribution in [2.75, 3.05) is 24.2 Å². The molecule has 4 N–H and O–H groups in total. The first-order valence-electron chi connectivity index (χ1n) is 11.4. The Kier molecular flexibility index (Phi) is 8.03. The topological polar surface area (TPSA) is 161 Å². The zero-order valence-electron chi connectivity index (χ0n) is 20.8. The van der Waals surface area contributed by atoms with Gasteiger partial charge in [0.25, 0.3) is 6.01 Å². The number of nitrogens with zero attached hydrogens (tertiary/aromatic N) is 3. The van der Waals surface area contributed by atoms with Crippen LogP contribution in [0.4, 0.5) is 11.7 Å². The van der Waals surface area contributed by atoms with E-state index >= 15 is 0 Å². The first-order chi connectivity index (χ1) is 17.0. The Hall–Kier alpha value is -4.28. The second kappa shape index (κ2) is 11.0. The van der Waals surface area contributed by atoms with Crippen molar-refractivity contribution >= 4 is 40.3 Å². The number of amides is 3. The lowest BCUT2D eigenvalue weighted by atomic mass is 10.0. The number of anilines is 2. The molecular weight excluding hydrogens is 464 g/mol. The molecule has 11 heteroatoms. The van der Waals surface area contributed by atoms with E-state index < -0.39 is 23.0 Å². The lowest BCUT2D eigenvalue weighted by molar-refractivity contribution is -0.133. The molecule has 0 saturated heterocycles. The maximum Gasteiger partial charge on any atom is 0.348 e. The molecule has 0 radical (unpaired) electrons. The fourth-order valence-corrected chi connectivity index (χ4v) is 3.69. The van der Waals surface area contributed by atoms with Gasteiger partial charge in [0, 0.05) is 50.4 Å². The highest BCUT2D eigenvalue weighted by Crippen LogP contribution is 2.24. The molecule has 2 heterocycles. The van der Waals surface area contributed by atoms with Crippen LogP contribution in [0.5, 0.6) is 0 Å². The quantitative estimate of drug-likeness (QED) is 0.386. The van der Waals surface area contributed by atoms with Gasteiger partial charge in [-0.05, 0) is 50.6 Å². The van der Waals surface area contributed by atoms with Crippen molar-refractivity contribution in [2.45, 2.75) is 45.6 Å². The molecule has 0 aliphatic carbocycles. The Labute approximate surface area is 208 Å². The summed E-state index contributed by atoms with van der Waals surface area (Å²) in [6.07, 6.45) is 2.16. The van der Waals surface area contributed by atoms with Crippen LogP contribution in [-0.4, -0.2) is 51.7 Å². The van der Waals surface area contributed by atoms with E-state index in [9.17, 15) is 19.2 Å². The van der Waals surface area contributed by atoms with Crippen LogP contribution in [0.1, 0.15) is 37.9 Å². The number of hydrogen-bond acceptors (Lipinski definition) is 8. The Balaban J connectivity index is 1.74. The van der Waals surface area contributed by atoms with Crippen LogP contribution in [0, 0.1) is 6.92 Å². The summed E-state index contributed by atoms with van der Waals surface area (Å²) in [6, 6.07) is 8.71. The highest BCUT2D eigenvalue weighted by molar-refractivity contribution is 5.97.